The molecule has 0 aliphatic carbocycles. The van der Waals surface area contributed by atoms with Gasteiger partial charge in [0.15, 0.2) is 5.78 Å². The Morgan fingerprint density at radius 2 is 1.83 bits per heavy atom. The number of nitrogens with zero attached hydrogens (tertiary/aromatic N) is 2. The lowest BCUT2D eigenvalue weighted by Gasteiger charge is -2.27. The van der Waals surface area contributed by atoms with E-state index in [-0.39, 0.29) is 5.78 Å². The largest absolute Gasteiger partial charge is 0.314 e. The molecule has 1 aromatic heterocycles. The van der Waals surface area contributed by atoms with Crippen LogP contribution in [-0.2, 0) is 11.3 Å². The molecule has 1 saturated heterocycles. The van der Waals surface area contributed by atoms with Gasteiger partial charge in [-0.05, 0) is 35.4 Å². The minimum absolute atomic E-state index is 0.0673. The Bertz CT molecular complexity index is 883. The summed E-state index contributed by atoms with van der Waals surface area (Å²) < 4.78 is 0. The van der Waals surface area contributed by atoms with Crippen LogP contribution in [0.4, 0.5) is 0 Å². The number of ketones is 1. The molecule has 0 saturated carbocycles. The summed E-state index contributed by atoms with van der Waals surface area (Å²) in [6.07, 6.45) is 7.49. The second-order valence-electron chi connectivity index (χ2n) is 6.75. The van der Waals surface area contributed by atoms with E-state index in [4.69, 9.17) is 5.21 Å². The molecule has 29 heavy (non-hydrogen) atoms. The van der Waals surface area contributed by atoms with Crippen LogP contribution in [-0.4, -0.2) is 53.0 Å². The van der Waals surface area contributed by atoms with Crippen LogP contribution in [0.3, 0.4) is 0 Å². The van der Waals surface area contributed by atoms with E-state index in [1.54, 1.807) is 24.4 Å². The van der Waals surface area contributed by atoms with Gasteiger partial charge in [0.05, 0.1) is 5.69 Å². The minimum atomic E-state index is -0.625. The van der Waals surface area contributed by atoms with Gasteiger partial charge in [0.1, 0.15) is 0 Å². The molecule has 1 fully saturated rings. The highest BCUT2D eigenvalue weighted by molar-refractivity contribution is 6.06. The summed E-state index contributed by atoms with van der Waals surface area (Å²) in [6, 6.07) is 11.3. The number of allylic oxidation sites excluding steroid dienone is 1. The van der Waals surface area contributed by atoms with E-state index in [9.17, 15) is 9.59 Å². The average Bonchev–Trinajstić information content (AvgIpc) is 2.77. The van der Waals surface area contributed by atoms with Crippen molar-refractivity contribution in [2.24, 2.45) is 0 Å². The standard InChI is InChI=1S/C22H24N4O3/c27-21(9-4-17-3-7-20(24-15-17)8-10-22(28)25-29)19-5-1-18(2-6-19)16-26-13-11-23-12-14-26/h1-10,15,23,29H,11-14,16H2,(H,25,28)/b9-4+,10-8?. The average molecular weight is 392 g/mol. The number of piperazine rings is 1. The second-order valence-corrected chi connectivity index (χ2v) is 6.75. The summed E-state index contributed by atoms with van der Waals surface area (Å²) in [5.41, 5.74) is 4.70. The number of pyridine rings is 1. The van der Waals surface area contributed by atoms with Gasteiger partial charge in [-0.15, -0.1) is 0 Å². The van der Waals surface area contributed by atoms with Crippen molar-refractivity contribution < 1.29 is 14.8 Å². The van der Waals surface area contributed by atoms with Crippen LogP contribution < -0.4 is 10.8 Å². The maximum Gasteiger partial charge on any atom is 0.267 e. The van der Waals surface area contributed by atoms with Crippen molar-refractivity contribution >= 4 is 23.8 Å². The fourth-order valence-corrected chi connectivity index (χ4v) is 2.98. The van der Waals surface area contributed by atoms with Crippen LogP contribution in [0.25, 0.3) is 12.2 Å². The molecular formula is C22H24N4O3. The number of amides is 1. The number of rotatable bonds is 7. The molecule has 3 rings (SSSR count). The van der Waals surface area contributed by atoms with Gasteiger partial charge in [0.2, 0.25) is 0 Å². The Hall–Kier alpha value is -3.13. The van der Waals surface area contributed by atoms with Gasteiger partial charge in [-0.25, -0.2) is 5.48 Å². The van der Waals surface area contributed by atoms with Crippen molar-refractivity contribution in [3.63, 3.8) is 0 Å². The highest BCUT2D eigenvalue weighted by atomic mass is 16.5. The van der Waals surface area contributed by atoms with E-state index in [1.165, 1.54) is 29.3 Å². The highest BCUT2D eigenvalue weighted by Gasteiger charge is 2.10. The smallest absolute Gasteiger partial charge is 0.267 e. The number of benzene rings is 1. The molecule has 1 aliphatic rings. The van der Waals surface area contributed by atoms with Gasteiger partial charge in [-0.3, -0.25) is 24.7 Å². The molecule has 1 amide bonds. The topological polar surface area (TPSA) is 94.6 Å². The third kappa shape index (κ3) is 6.46. The van der Waals surface area contributed by atoms with E-state index in [1.807, 2.05) is 24.3 Å². The van der Waals surface area contributed by atoms with E-state index < -0.39 is 5.91 Å². The molecular weight excluding hydrogens is 368 g/mol. The summed E-state index contributed by atoms with van der Waals surface area (Å²) >= 11 is 0. The van der Waals surface area contributed by atoms with E-state index in [0.29, 0.717) is 11.3 Å². The van der Waals surface area contributed by atoms with E-state index in [0.717, 1.165) is 38.3 Å². The monoisotopic (exact) mass is 392 g/mol. The number of carbonyl (C=O) groups excluding carboxylic acids is 2. The van der Waals surface area contributed by atoms with Crippen molar-refractivity contribution in [1.29, 1.82) is 0 Å². The Morgan fingerprint density at radius 1 is 1.07 bits per heavy atom. The number of aromatic nitrogens is 1. The zero-order valence-corrected chi connectivity index (χ0v) is 16.0. The van der Waals surface area contributed by atoms with Crippen molar-refractivity contribution in [1.82, 2.24) is 20.7 Å². The van der Waals surface area contributed by atoms with Gasteiger partial charge in [0.25, 0.3) is 5.91 Å². The van der Waals surface area contributed by atoms with Gasteiger partial charge in [-0.1, -0.05) is 30.3 Å². The first-order chi connectivity index (χ1) is 14.1. The highest BCUT2D eigenvalue weighted by Crippen LogP contribution is 2.11. The zero-order valence-electron chi connectivity index (χ0n) is 16.0. The normalized spacial score (nSPS) is 15.1. The molecule has 2 aromatic rings. The molecule has 0 atom stereocenters. The molecule has 3 N–H and O–H groups in total. The maximum absolute atomic E-state index is 12.4. The molecule has 0 bridgehead atoms. The predicted molar refractivity (Wildman–Crippen MR) is 111 cm³/mol. The number of nitrogens with one attached hydrogen (secondary N) is 2. The Kier molecular flexibility index (Phi) is 7.40. The first-order valence-corrected chi connectivity index (χ1v) is 9.47. The van der Waals surface area contributed by atoms with Gasteiger partial charge in [-0.2, -0.15) is 0 Å². The van der Waals surface area contributed by atoms with Gasteiger partial charge >= 0.3 is 0 Å². The lowest BCUT2D eigenvalue weighted by atomic mass is 10.1. The van der Waals surface area contributed by atoms with Crippen LogP contribution in [0.2, 0.25) is 0 Å². The summed E-state index contributed by atoms with van der Waals surface area (Å²) in [5, 5.41) is 11.8. The van der Waals surface area contributed by atoms with E-state index in [2.05, 4.69) is 15.2 Å². The number of carbonyl (C=O) groups is 2. The fourth-order valence-electron chi connectivity index (χ4n) is 2.98. The van der Waals surface area contributed by atoms with Crippen LogP contribution >= 0.6 is 0 Å². The number of hydrogen-bond donors (Lipinski definition) is 3. The molecule has 2 heterocycles. The first-order valence-electron chi connectivity index (χ1n) is 9.47. The zero-order chi connectivity index (χ0) is 20.5. The van der Waals surface area contributed by atoms with Crippen LogP contribution in [0, 0.1) is 0 Å². The molecule has 1 aliphatic heterocycles. The molecule has 7 nitrogen and oxygen atoms in total. The van der Waals surface area contributed by atoms with Crippen LogP contribution in [0.5, 0.6) is 0 Å². The lowest BCUT2D eigenvalue weighted by molar-refractivity contribution is -0.124. The summed E-state index contributed by atoms with van der Waals surface area (Å²) in [4.78, 5) is 29.9. The number of hydroxylamine groups is 1. The summed E-state index contributed by atoms with van der Waals surface area (Å²) in [7, 11) is 0. The Balaban J connectivity index is 1.55. The van der Waals surface area contributed by atoms with Crippen molar-refractivity contribution in [3.8, 4) is 0 Å². The summed E-state index contributed by atoms with van der Waals surface area (Å²) in [5.74, 6) is -0.692. The minimum Gasteiger partial charge on any atom is -0.314 e. The van der Waals surface area contributed by atoms with E-state index >= 15 is 0 Å². The number of hydrogen-bond acceptors (Lipinski definition) is 6. The van der Waals surface area contributed by atoms with Gasteiger partial charge in [0, 0.05) is 50.6 Å². The third-order valence-electron chi connectivity index (χ3n) is 4.61. The Labute approximate surface area is 169 Å². The molecule has 0 unspecified atom stereocenters. The second kappa shape index (κ2) is 10.4. The molecule has 0 spiro atoms. The molecule has 150 valence electrons. The fraction of sp³-hybridized carbons (Fsp3) is 0.227. The predicted octanol–water partition coefficient (Wildman–Crippen LogP) is 1.90. The van der Waals surface area contributed by atoms with Gasteiger partial charge < -0.3 is 5.32 Å². The van der Waals surface area contributed by atoms with Crippen LogP contribution in [0.1, 0.15) is 27.2 Å². The molecule has 1 aromatic carbocycles. The first kappa shape index (κ1) is 20.6. The van der Waals surface area contributed by atoms with Crippen molar-refractivity contribution in [2.45, 2.75) is 6.54 Å². The van der Waals surface area contributed by atoms with Crippen molar-refractivity contribution in [3.05, 3.63) is 77.1 Å². The third-order valence-corrected chi connectivity index (χ3v) is 4.61. The molecule has 7 heteroatoms. The Morgan fingerprint density at radius 3 is 2.48 bits per heavy atom. The lowest BCUT2D eigenvalue weighted by Crippen LogP contribution is -2.42. The van der Waals surface area contributed by atoms with Crippen molar-refractivity contribution in [2.75, 3.05) is 26.2 Å². The quantitative estimate of drug-likeness (QED) is 0.288. The maximum atomic E-state index is 12.4. The molecule has 0 radical (unpaired) electrons. The van der Waals surface area contributed by atoms with Crippen LogP contribution in [0.15, 0.2) is 54.7 Å². The SMILES string of the molecule is O=C(C=Cc1ccc(/C=C/C(=O)c2ccc(CN3CCNCC3)cc2)cn1)NO. The summed E-state index contributed by atoms with van der Waals surface area (Å²) in [6.45, 7) is 5.02.